The molecular formula is C17H20FN5OS. The number of anilines is 2. The molecule has 0 bridgehead atoms. The third kappa shape index (κ3) is 3.96. The van der Waals surface area contributed by atoms with Crippen LogP contribution in [0.4, 0.5) is 15.2 Å². The zero-order valence-corrected chi connectivity index (χ0v) is 14.6. The zero-order valence-electron chi connectivity index (χ0n) is 13.8. The van der Waals surface area contributed by atoms with E-state index >= 15 is 0 Å². The van der Waals surface area contributed by atoms with Gasteiger partial charge < -0.3 is 10.2 Å². The molecule has 0 atom stereocenters. The zero-order chi connectivity index (χ0) is 17.2. The Hall–Kier alpha value is -2.06. The number of halogens is 1. The first-order valence-corrected chi connectivity index (χ1v) is 9.31. The van der Waals surface area contributed by atoms with Gasteiger partial charge >= 0.3 is 0 Å². The van der Waals surface area contributed by atoms with E-state index in [0.717, 1.165) is 37.1 Å². The molecule has 1 aliphatic carbocycles. The summed E-state index contributed by atoms with van der Waals surface area (Å²) < 4.78 is 18.0. The quantitative estimate of drug-likeness (QED) is 0.886. The summed E-state index contributed by atoms with van der Waals surface area (Å²) in [5.41, 5.74) is 0.229. The van der Waals surface area contributed by atoms with Gasteiger partial charge in [0, 0.05) is 43.6 Å². The normalized spacial score (nSPS) is 18.4. The minimum Gasteiger partial charge on any atom is -0.344 e. The summed E-state index contributed by atoms with van der Waals surface area (Å²) in [6.07, 6.45) is 2.42. The van der Waals surface area contributed by atoms with Crippen LogP contribution in [0.1, 0.15) is 24.6 Å². The van der Waals surface area contributed by atoms with Crippen LogP contribution in [-0.4, -0.2) is 52.9 Å². The number of benzene rings is 1. The SMILES string of the molecule is O=C(CN1CCN(c2nc(C3CC3)ns2)CC1)Nc1ccccc1F. The van der Waals surface area contributed by atoms with E-state index < -0.39 is 5.82 Å². The van der Waals surface area contributed by atoms with E-state index in [1.165, 1.54) is 30.4 Å². The maximum Gasteiger partial charge on any atom is 0.238 e. The average Bonchev–Trinajstić information content (AvgIpc) is 3.35. The van der Waals surface area contributed by atoms with Gasteiger partial charge in [0.15, 0.2) is 0 Å². The molecule has 2 aliphatic rings. The fraction of sp³-hybridized carbons (Fsp3) is 0.471. The van der Waals surface area contributed by atoms with Crippen molar-refractivity contribution in [3.63, 3.8) is 0 Å². The van der Waals surface area contributed by atoms with Crippen LogP contribution in [-0.2, 0) is 4.79 Å². The molecule has 1 aliphatic heterocycles. The highest BCUT2D eigenvalue weighted by Crippen LogP contribution is 2.39. The topological polar surface area (TPSA) is 61.4 Å². The highest BCUT2D eigenvalue weighted by Gasteiger charge is 2.29. The van der Waals surface area contributed by atoms with Crippen molar-refractivity contribution in [3.8, 4) is 0 Å². The third-order valence-corrected chi connectivity index (χ3v) is 5.32. The Kier molecular flexibility index (Phi) is 4.63. The minimum absolute atomic E-state index is 0.189. The van der Waals surface area contributed by atoms with E-state index in [2.05, 4.69) is 24.5 Å². The van der Waals surface area contributed by atoms with Crippen molar-refractivity contribution in [2.45, 2.75) is 18.8 Å². The lowest BCUT2D eigenvalue weighted by Crippen LogP contribution is -2.48. The molecule has 1 N–H and O–H groups in total. The number of aromatic nitrogens is 2. The van der Waals surface area contributed by atoms with Crippen LogP contribution in [0.5, 0.6) is 0 Å². The van der Waals surface area contributed by atoms with Gasteiger partial charge in [-0.1, -0.05) is 12.1 Å². The lowest BCUT2D eigenvalue weighted by atomic mass is 10.3. The molecule has 6 nitrogen and oxygen atoms in total. The Morgan fingerprint density at radius 1 is 1.24 bits per heavy atom. The molecule has 0 radical (unpaired) electrons. The second kappa shape index (κ2) is 7.05. The molecule has 0 spiro atoms. The fourth-order valence-corrected chi connectivity index (χ4v) is 3.71. The minimum atomic E-state index is -0.414. The predicted molar refractivity (Wildman–Crippen MR) is 95.6 cm³/mol. The molecule has 2 aromatic rings. The molecule has 1 saturated heterocycles. The van der Waals surface area contributed by atoms with Gasteiger partial charge in [-0.2, -0.15) is 4.37 Å². The number of hydrogen-bond acceptors (Lipinski definition) is 6. The van der Waals surface area contributed by atoms with Crippen LogP contribution in [0, 0.1) is 5.82 Å². The summed E-state index contributed by atoms with van der Waals surface area (Å²) in [4.78, 5) is 21.1. The average molecular weight is 361 g/mol. The van der Waals surface area contributed by atoms with E-state index in [4.69, 9.17) is 0 Å². The Labute approximate surface area is 149 Å². The third-order valence-electron chi connectivity index (χ3n) is 4.53. The van der Waals surface area contributed by atoms with Crippen LogP contribution in [0.3, 0.4) is 0 Å². The second-order valence-electron chi connectivity index (χ2n) is 6.50. The molecule has 1 amide bonds. The molecule has 2 heterocycles. The van der Waals surface area contributed by atoms with E-state index in [0.29, 0.717) is 5.92 Å². The molecule has 132 valence electrons. The van der Waals surface area contributed by atoms with Crippen LogP contribution in [0.2, 0.25) is 0 Å². The first kappa shape index (κ1) is 16.4. The largest absolute Gasteiger partial charge is 0.344 e. The number of rotatable bonds is 5. The molecule has 0 unspecified atom stereocenters. The number of para-hydroxylation sites is 1. The standard InChI is InChI=1S/C17H20FN5OS/c18-13-3-1-2-4-14(13)19-15(24)11-22-7-9-23(10-8-22)17-20-16(21-25-17)12-5-6-12/h1-4,12H,5-11H2,(H,19,24). The fourth-order valence-electron chi connectivity index (χ4n) is 2.91. The van der Waals surface area contributed by atoms with Crippen molar-refractivity contribution >= 4 is 28.3 Å². The molecule has 8 heteroatoms. The molecule has 25 heavy (non-hydrogen) atoms. The van der Waals surface area contributed by atoms with Gasteiger partial charge in [-0.15, -0.1) is 0 Å². The highest BCUT2D eigenvalue weighted by atomic mass is 32.1. The maximum atomic E-state index is 13.6. The van der Waals surface area contributed by atoms with Gasteiger partial charge in [-0.25, -0.2) is 9.37 Å². The summed E-state index contributed by atoms with van der Waals surface area (Å²) in [5, 5.41) is 3.62. The Bertz CT molecular complexity index is 755. The van der Waals surface area contributed by atoms with Crippen molar-refractivity contribution in [2.75, 3.05) is 42.9 Å². The molecule has 1 aromatic heterocycles. The predicted octanol–water partition coefficient (Wildman–Crippen LogP) is 2.32. The van der Waals surface area contributed by atoms with Crippen LogP contribution < -0.4 is 10.2 Å². The highest BCUT2D eigenvalue weighted by molar-refractivity contribution is 7.09. The van der Waals surface area contributed by atoms with Gasteiger partial charge in [0.05, 0.1) is 12.2 Å². The number of hydrogen-bond donors (Lipinski definition) is 1. The number of amides is 1. The van der Waals surface area contributed by atoms with E-state index in [1.54, 1.807) is 18.2 Å². The van der Waals surface area contributed by atoms with Gasteiger partial charge in [-0.3, -0.25) is 9.69 Å². The van der Waals surface area contributed by atoms with E-state index in [1.807, 2.05) is 0 Å². The number of piperazine rings is 1. The van der Waals surface area contributed by atoms with Crippen molar-refractivity contribution in [2.24, 2.45) is 0 Å². The Morgan fingerprint density at radius 3 is 2.72 bits per heavy atom. The van der Waals surface area contributed by atoms with E-state index in [-0.39, 0.29) is 18.1 Å². The number of nitrogens with one attached hydrogen (secondary N) is 1. The summed E-state index contributed by atoms with van der Waals surface area (Å²) in [7, 11) is 0. The van der Waals surface area contributed by atoms with Crippen LogP contribution in [0.15, 0.2) is 24.3 Å². The number of nitrogens with zero attached hydrogens (tertiary/aromatic N) is 4. The van der Waals surface area contributed by atoms with Gasteiger partial charge in [0.25, 0.3) is 0 Å². The number of carbonyl (C=O) groups is 1. The van der Waals surface area contributed by atoms with Crippen molar-refractivity contribution in [1.29, 1.82) is 0 Å². The first-order chi connectivity index (χ1) is 12.2. The molecule has 1 saturated carbocycles. The number of carbonyl (C=O) groups excluding carboxylic acids is 1. The summed E-state index contributed by atoms with van der Waals surface area (Å²) in [6.45, 7) is 3.48. The summed E-state index contributed by atoms with van der Waals surface area (Å²) >= 11 is 1.47. The van der Waals surface area contributed by atoms with Crippen LogP contribution >= 0.6 is 11.5 Å². The van der Waals surface area contributed by atoms with Gasteiger partial charge in [0.1, 0.15) is 11.6 Å². The Morgan fingerprint density at radius 2 is 2.00 bits per heavy atom. The van der Waals surface area contributed by atoms with Crippen LogP contribution in [0.25, 0.3) is 0 Å². The van der Waals surface area contributed by atoms with Crippen molar-refractivity contribution in [3.05, 3.63) is 35.9 Å². The Balaban J connectivity index is 1.26. The van der Waals surface area contributed by atoms with Crippen molar-refractivity contribution < 1.29 is 9.18 Å². The summed E-state index contributed by atoms with van der Waals surface area (Å²) in [6, 6.07) is 6.21. The molecule has 2 fully saturated rings. The smallest absolute Gasteiger partial charge is 0.238 e. The lowest BCUT2D eigenvalue weighted by molar-refractivity contribution is -0.117. The van der Waals surface area contributed by atoms with E-state index in [9.17, 15) is 9.18 Å². The first-order valence-electron chi connectivity index (χ1n) is 8.54. The molecule has 1 aromatic carbocycles. The van der Waals surface area contributed by atoms with Gasteiger partial charge in [-0.05, 0) is 25.0 Å². The lowest BCUT2D eigenvalue weighted by Gasteiger charge is -2.33. The molecule has 4 rings (SSSR count). The maximum absolute atomic E-state index is 13.6. The van der Waals surface area contributed by atoms with Gasteiger partial charge in [0.2, 0.25) is 11.0 Å². The summed E-state index contributed by atoms with van der Waals surface area (Å²) in [5.74, 6) is 0.967. The molecular weight excluding hydrogens is 341 g/mol. The monoisotopic (exact) mass is 361 g/mol. The van der Waals surface area contributed by atoms with Crippen molar-refractivity contribution in [1.82, 2.24) is 14.3 Å². The second-order valence-corrected chi connectivity index (χ2v) is 7.23.